The fourth-order valence-corrected chi connectivity index (χ4v) is 3.69. The maximum atomic E-state index is 12.7. The highest BCUT2D eigenvalue weighted by Crippen LogP contribution is 2.21. The minimum atomic E-state index is -0.308. The number of carbonyl (C=O) groups is 3. The maximum absolute atomic E-state index is 12.7. The summed E-state index contributed by atoms with van der Waals surface area (Å²) in [6.07, 6.45) is 2.30. The van der Waals surface area contributed by atoms with Gasteiger partial charge in [0.25, 0.3) is 5.91 Å². The van der Waals surface area contributed by atoms with Gasteiger partial charge in [-0.25, -0.2) is 0 Å². The van der Waals surface area contributed by atoms with Crippen LogP contribution in [0.3, 0.4) is 0 Å². The van der Waals surface area contributed by atoms with Crippen molar-refractivity contribution < 1.29 is 14.4 Å². The van der Waals surface area contributed by atoms with E-state index in [2.05, 4.69) is 5.32 Å². The molecule has 7 nitrogen and oxygen atoms in total. The summed E-state index contributed by atoms with van der Waals surface area (Å²) < 4.78 is 0. The lowest BCUT2D eigenvalue weighted by molar-refractivity contribution is -0.140. The summed E-state index contributed by atoms with van der Waals surface area (Å²) in [7, 11) is 1.72. The van der Waals surface area contributed by atoms with Crippen molar-refractivity contribution in [1.29, 1.82) is 5.26 Å². The van der Waals surface area contributed by atoms with Crippen LogP contribution in [0.15, 0.2) is 24.3 Å². The Morgan fingerprint density at radius 1 is 1.21 bits per heavy atom. The molecule has 2 atom stereocenters. The fourth-order valence-electron chi connectivity index (χ4n) is 3.69. The van der Waals surface area contributed by atoms with Crippen LogP contribution >= 0.6 is 0 Å². The normalized spacial score (nSPS) is 20.1. The van der Waals surface area contributed by atoms with Gasteiger partial charge in [-0.15, -0.1) is 0 Å². The van der Waals surface area contributed by atoms with Crippen LogP contribution in [0.2, 0.25) is 0 Å². The molecule has 1 fully saturated rings. The van der Waals surface area contributed by atoms with Crippen LogP contribution in [-0.2, 0) is 9.59 Å². The molecule has 1 aliphatic heterocycles. The Bertz CT molecular complexity index is 765. The van der Waals surface area contributed by atoms with Crippen LogP contribution in [0.4, 0.5) is 0 Å². The van der Waals surface area contributed by atoms with Gasteiger partial charge in [0.15, 0.2) is 0 Å². The minimum absolute atomic E-state index is 0.0387. The van der Waals surface area contributed by atoms with Gasteiger partial charge in [-0.2, -0.15) is 5.26 Å². The van der Waals surface area contributed by atoms with Crippen molar-refractivity contribution in [2.45, 2.75) is 45.6 Å². The summed E-state index contributed by atoms with van der Waals surface area (Å²) in [5.41, 5.74) is 0.977. The van der Waals surface area contributed by atoms with Crippen molar-refractivity contribution in [3.63, 3.8) is 0 Å². The number of nitriles is 1. The van der Waals surface area contributed by atoms with Gasteiger partial charge in [0, 0.05) is 50.6 Å². The van der Waals surface area contributed by atoms with Crippen molar-refractivity contribution in [3.8, 4) is 6.07 Å². The second kappa shape index (κ2) is 10.6. The molecule has 2 rings (SSSR count). The molecule has 7 heteroatoms. The third-order valence-electron chi connectivity index (χ3n) is 5.48. The van der Waals surface area contributed by atoms with Crippen LogP contribution in [0, 0.1) is 17.2 Å². The van der Waals surface area contributed by atoms with Gasteiger partial charge in [0.2, 0.25) is 11.8 Å². The second-order valence-corrected chi connectivity index (χ2v) is 7.48. The number of nitrogens with zero attached hydrogens (tertiary/aromatic N) is 3. The van der Waals surface area contributed by atoms with Gasteiger partial charge >= 0.3 is 0 Å². The summed E-state index contributed by atoms with van der Waals surface area (Å²) in [4.78, 5) is 41.3. The van der Waals surface area contributed by atoms with Crippen molar-refractivity contribution in [3.05, 3.63) is 35.4 Å². The second-order valence-electron chi connectivity index (χ2n) is 7.48. The van der Waals surface area contributed by atoms with E-state index in [1.807, 2.05) is 19.9 Å². The number of benzene rings is 1. The highest BCUT2D eigenvalue weighted by Gasteiger charge is 2.29. The molecule has 1 saturated heterocycles. The van der Waals surface area contributed by atoms with E-state index in [-0.39, 0.29) is 36.1 Å². The molecule has 0 radical (unpaired) electrons. The molecule has 0 aromatic heterocycles. The quantitative estimate of drug-likeness (QED) is 0.823. The summed E-state index contributed by atoms with van der Waals surface area (Å²) in [5, 5.41) is 11.9. The Balaban J connectivity index is 2.05. The van der Waals surface area contributed by atoms with Crippen molar-refractivity contribution in [2.24, 2.45) is 5.92 Å². The summed E-state index contributed by atoms with van der Waals surface area (Å²) in [5.74, 6) is -0.569. The number of likely N-dealkylation sites (N-methyl/N-ethyl adjacent to an activating group) is 1. The zero-order valence-corrected chi connectivity index (χ0v) is 17.5. The smallest absolute Gasteiger partial charge is 0.251 e. The first-order valence-electron chi connectivity index (χ1n) is 10.2. The molecular formula is C22H30N4O3. The molecule has 3 amide bonds. The van der Waals surface area contributed by atoms with Crippen LogP contribution < -0.4 is 5.32 Å². The van der Waals surface area contributed by atoms with Crippen LogP contribution in [0.25, 0.3) is 0 Å². The van der Waals surface area contributed by atoms with Gasteiger partial charge in [0.1, 0.15) is 0 Å². The molecule has 1 aliphatic rings. The Morgan fingerprint density at radius 2 is 1.86 bits per heavy atom. The van der Waals surface area contributed by atoms with E-state index in [1.54, 1.807) is 41.1 Å². The minimum Gasteiger partial charge on any atom is -0.348 e. The monoisotopic (exact) mass is 398 g/mol. The molecule has 0 aliphatic carbocycles. The number of rotatable bonds is 5. The van der Waals surface area contributed by atoms with Gasteiger partial charge < -0.3 is 15.1 Å². The summed E-state index contributed by atoms with van der Waals surface area (Å²) in [6, 6.07) is 8.30. The van der Waals surface area contributed by atoms with Gasteiger partial charge in [-0.1, -0.05) is 6.42 Å². The van der Waals surface area contributed by atoms with Crippen molar-refractivity contribution in [1.82, 2.24) is 15.1 Å². The molecule has 0 bridgehead atoms. The number of hydrogen-bond acceptors (Lipinski definition) is 4. The molecule has 0 saturated carbocycles. The van der Waals surface area contributed by atoms with Crippen LogP contribution in [0.5, 0.6) is 0 Å². The van der Waals surface area contributed by atoms with Gasteiger partial charge in [-0.05, 0) is 51.0 Å². The first-order valence-corrected chi connectivity index (χ1v) is 10.2. The largest absolute Gasteiger partial charge is 0.348 e. The molecule has 1 aromatic carbocycles. The van der Waals surface area contributed by atoms with Crippen molar-refractivity contribution >= 4 is 17.7 Å². The van der Waals surface area contributed by atoms with Crippen molar-refractivity contribution in [2.75, 3.05) is 26.7 Å². The third-order valence-corrected chi connectivity index (χ3v) is 5.48. The Morgan fingerprint density at radius 3 is 2.45 bits per heavy atom. The third kappa shape index (κ3) is 6.05. The van der Waals surface area contributed by atoms with E-state index < -0.39 is 0 Å². The highest BCUT2D eigenvalue weighted by molar-refractivity contribution is 5.94. The molecule has 0 spiro atoms. The molecule has 29 heavy (non-hydrogen) atoms. The summed E-state index contributed by atoms with van der Waals surface area (Å²) in [6.45, 7) is 5.57. The molecule has 1 N–H and O–H groups in total. The zero-order chi connectivity index (χ0) is 21.4. The Hall–Kier alpha value is -2.88. The SMILES string of the molecule is CCN(CC)C(=O)[C@@H]1CCC[C@@H](NC(=O)c2ccc(C#N)cc2)CN(C)C(=O)C1. The Labute approximate surface area is 172 Å². The van der Waals surface area contributed by atoms with Gasteiger partial charge in [0.05, 0.1) is 11.6 Å². The predicted molar refractivity (Wildman–Crippen MR) is 110 cm³/mol. The lowest BCUT2D eigenvalue weighted by atomic mass is 9.95. The number of carbonyl (C=O) groups excluding carboxylic acids is 3. The van der Waals surface area contributed by atoms with E-state index in [0.29, 0.717) is 43.6 Å². The van der Waals surface area contributed by atoms with E-state index in [1.165, 1.54) is 0 Å². The average molecular weight is 399 g/mol. The topological polar surface area (TPSA) is 93.5 Å². The van der Waals surface area contributed by atoms with E-state index in [0.717, 1.165) is 6.42 Å². The zero-order valence-electron chi connectivity index (χ0n) is 17.5. The summed E-state index contributed by atoms with van der Waals surface area (Å²) >= 11 is 0. The average Bonchev–Trinajstić information content (AvgIpc) is 2.79. The molecule has 156 valence electrons. The molecular weight excluding hydrogens is 368 g/mol. The van der Waals surface area contributed by atoms with E-state index >= 15 is 0 Å². The number of nitrogens with one attached hydrogen (secondary N) is 1. The molecule has 0 unspecified atom stereocenters. The molecule has 1 heterocycles. The van der Waals surface area contributed by atoms with E-state index in [9.17, 15) is 14.4 Å². The first kappa shape index (κ1) is 22.4. The van der Waals surface area contributed by atoms with Crippen LogP contribution in [0.1, 0.15) is 55.5 Å². The predicted octanol–water partition coefficient (Wildman–Crippen LogP) is 2.17. The fraction of sp³-hybridized carbons (Fsp3) is 0.545. The lowest BCUT2D eigenvalue weighted by Gasteiger charge is -2.26. The van der Waals surface area contributed by atoms with Crippen LogP contribution in [-0.4, -0.2) is 60.2 Å². The maximum Gasteiger partial charge on any atom is 0.251 e. The van der Waals surface area contributed by atoms with E-state index in [4.69, 9.17) is 5.26 Å². The Kier molecular flexibility index (Phi) is 8.20. The lowest BCUT2D eigenvalue weighted by Crippen LogP contribution is -2.44. The number of hydrogen-bond donors (Lipinski definition) is 1. The first-order chi connectivity index (χ1) is 13.9. The number of amides is 3. The standard InChI is InChI=1S/C22H30N4O3/c1-4-26(5-2)22(29)18-7-6-8-19(15-25(3)20(27)13-18)24-21(28)17-11-9-16(14-23)10-12-17/h9-12,18-19H,4-8,13,15H2,1-3H3,(H,24,28)/t18-,19-/m1/s1. The molecule has 1 aromatic rings. The highest BCUT2D eigenvalue weighted by atomic mass is 16.2. The van der Waals surface area contributed by atoms with Gasteiger partial charge in [-0.3, -0.25) is 14.4 Å².